The molecule has 1 aliphatic heterocycles. The van der Waals surface area contributed by atoms with Crippen molar-refractivity contribution >= 4 is 12.0 Å². The minimum absolute atomic E-state index is 0.155. The van der Waals surface area contributed by atoms with Crippen molar-refractivity contribution in [2.24, 2.45) is 17.8 Å². The largest absolute Gasteiger partial charge is 0.450 e. The summed E-state index contributed by atoms with van der Waals surface area (Å²) in [5, 5.41) is 2.71. The van der Waals surface area contributed by atoms with Crippen molar-refractivity contribution in [2.75, 3.05) is 26.2 Å². The van der Waals surface area contributed by atoms with Gasteiger partial charge in [-0.2, -0.15) is 0 Å². The van der Waals surface area contributed by atoms with Crippen molar-refractivity contribution < 1.29 is 14.3 Å². The Kier molecular flexibility index (Phi) is 6.01. The quantitative estimate of drug-likeness (QED) is 0.806. The van der Waals surface area contributed by atoms with Crippen LogP contribution in [0.1, 0.15) is 58.1 Å². The van der Waals surface area contributed by atoms with E-state index in [-0.39, 0.29) is 17.2 Å². The van der Waals surface area contributed by atoms with Gasteiger partial charge < -0.3 is 15.0 Å². The number of nitrogens with zero attached hydrogens (tertiary/aromatic N) is 1. The molecule has 1 saturated heterocycles. The fourth-order valence-corrected chi connectivity index (χ4v) is 4.47. The van der Waals surface area contributed by atoms with Gasteiger partial charge in [0.1, 0.15) is 0 Å². The van der Waals surface area contributed by atoms with Gasteiger partial charge in [-0.15, -0.1) is 0 Å². The molecule has 3 rings (SSSR count). The Labute approximate surface area is 168 Å². The van der Waals surface area contributed by atoms with E-state index >= 15 is 0 Å². The zero-order valence-corrected chi connectivity index (χ0v) is 17.8. The first-order valence-electron chi connectivity index (χ1n) is 10.6. The number of benzene rings is 1. The average Bonchev–Trinajstić information content (AvgIpc) is 3.15. The molecule has 0 spiro atoms. The van der Waals surface area contributed by atoms with Crippen LogP contribution in [-0.4, -0.2) is 43.1 Å². The highest BCUT2D eigenvalue weighted by Crippen LogP contribution is 2.58. The first-order valence-corrected chi connectivity index (χ1v) is 10.6. The number of likely N-dealkylation sites (tertiary alicyclic amines) is 1. The molecule has 154 valence electrons. The predicted octanol–water partition coefficient (Wildman–Crippen LogP) is 3.93. The summed E-state index contributed by atoms with van der Waals surface area (Å²) in [5.74, 6) is 1.73. The maximum Gasteiger partial charge on any atom is 0.407 e. The van der Waals surface area contributed by atoms with Gasteiger partial charge in [-0.25, -0.2) is 4.79 Å². The lowest BCUT2D eigenvalue weighted by atomic mass is 9.85. The summed E-state index contributed by atoms with van der Waals surface area (Å²) in [4.78, 5) is 26.4. The molecule has 2 fully saturated rings. The monoisotopic (exact) mass is 386 g/mol. The molecule has 1 unspecified atom stereocenters. The van der Waals surface area contributed by atoms with Gasteiger partial charge in [0.05, 0.1) is 12.5 Å². The fraction of sp³-hybridized carbons (Fsp3) is 0.652. The lowest BCUT2D eigenvalue weighted by Crippen LogP contribution is -2.41. The first-order chi connectivity index (χ1) is 13.3. The van der Waals surface area contributed by atoms with Gasteiger partial charge in [-0.1, -0.05) is 52.0 Å². The van der Waals surface area contributed by atoms with Crippen molar-refractivity contribution in [1.82, 2.24) is 10.2 Å². The molecule has 1 heterocycles. The van der Waals surface area contributed by atoms with Crippen LogP contribution in [0.25, 0.3) is 0 Å². The second-order valence-corrected chi connectivity index (χ2v) is 9.18. The van der Waals surface area contributed by atoms with E-state index in [4.69, 9.17) is 4.74 Å². The highest BCUT2D eigenvalue weighted by Gasteiger charge is 2.57. The predicted molar refractivity (Wildman–Crippen MR) is 110 cm³/mol. The molecule has 1 aromatic carbocycles. The number of hydrogen-bond donors (Lipinski definition) is 1. The molecular weight excluding hydrogens is 352 g/mol. The minimum atomic E-state index is -0.447. The Morgan fingerprint density at radius 1 is 1.21 bits per heavy atom. The SMILES string of the molecule is CCOC(=O)NC[C@@H](CC)C(=O)N1C[C@@H]2C(c3cccc(C(C)(C)C)c3)[C@@H]2C1. The molecule has 1 saturated carbocycles. The second kappa shape index (κ2) is 8.14. The molecule has 1 aromatic rings. The van der Waals surface area contributed by atoms with E-state index in [2.05, 4.69) is 50.4 Å². The molecule has 0 bridgehead atoms. The van der Waals surface area contributed by atoms with Crippen LogP contribution in [0.2, 0.25) is 0 Å². The summed E-state index contributed by atoms with van der Waals surface area (Å²) in [6.07, 6.45) is 0.269. The number of nitrogens with one attached hydrogen (secondary N) is 1. The third-order valence-corrected chi connectivity index (χ3v) is 6.25. The van der Waals surface area contributed by atoms with Crippen LogP contribution in [0, 0.1) is 17.8 Å². The summed E-state index contributed by atoms with van der Waals surface area (Å²) in [6, 6.07) is 8.97. The third-order valence-electron chi connectivity index (χ3n) is 6.25. The number of piperidine rings is 1. The van der Waals surface area contributed by atoms with E-state index in [9.17, 15) is 9.59 Å². The van der Waals surface area contributed by atoms with Crippen LogP contribution < -0.4 is 5.32 Å². The molecule has 0 aromatic heterocycles. The van der Waals surface area contributed by atoms with E-state index in [1.165, 1.54) is 11.1 Å². The Hall–Kier alpha value is -2.04. The van der Waals surface area contributed by atoms with Gasteiger partial charge in [0, 0.05) is 19.6 Å². The normalized spacial score (nSPS) is 24.5. The number of hydrogen-bond acceptors (Lipinski definition) is 3. The molecular formula is C23H34N2O3. The van der Waals surface area contributed by atoms with Crippen LogP contribution in [0.4, 0.5) is 4.79 Å². The number of alkyl carbamates (subject to hydrolysis) is 1. The maximum atomic E-state index is 12.9. The zero-order valence-electron chi connectivity index (χ0n) is 17.8. The first kappa shape index (κ1) is 20.7. The third kappa shape index (κ3) is 4.34. The average molecular weight is 387 g/mol. The zero-order chi connectivity index (χ0) is 20.5. The number of carbonyl (C=O) groups excluding carboxylic acids is 2. The highest BCUT2D eigenvalue weighted by atomic mass is 16.5. The van der Waals surface area contributed by atoms with Gasteiger partial charge in [0.2, 0.25) is 5.91 Å². The van der Waals surface area contributed by atoms with Crippen LogP contribution >= 0.6 is 0 Å². The van der Waals surface area contributed by atoms with Crippen molar-refractivity contribution in [2.45, 2.75) is 52.4 Å². The summed E-state index contributed by atoms with van der Waals surface area (Å²) in [5.41, 5.74) is 2.95. The smallest absolute Gasteiger partial charge is 0.407 e. The van der Waals surface area contributed by atoms with Crippen molar-refractivity contribution in [3.8, 4) is 0 Å². The molecule has 2 aliphatic rings. The Bertz CT molecular complexity index is 713. The second-order valence-electron chi connectivity index (χ2n) is 9.18. The van der Waals surface area contributed by atoms with E-state index in [1.54, 1.807) is 6.92 Å². The highest BCUT2D eigenvalue weighted by molar-refractivity contribution is 5.80. The van der Waals surface area contributed by atoms with Gasteiger partial charge >= 0.3 is 6.09 Å². The van der Waals surface area contributed by atoms with Crippen LogP contribution in [0.15, 0.2) is 24.3 Å². The van der Waals surface area contributed by atoms with Crippen LogP contribution in [-0.2, 0) is 14.9 Å². The molecule has 28 heavy (non-hydrogen) atoms. The Morgan fingerprint density at radius 2 is 1.89 bits per heavy atom. The van der Waals surface area contributed by atoms with Crippen molar-refractivity contribution in [3.63, 3.8) is 0 Å². The molecule has 5 heteroatoms. The van der Waals surface area contributed by atoms with Gasteiger partial charge in [-0.05, 0) is 47.6 Å². The van der Waals surface area contributed by atoms with Crippen molar-refractivity contribution in [1.29, 1.82) is 0 Å². The standard InChI is InChI=1S/C23H34N2O3/c1-6-15(12-24-22(27)28-7-2)21(26)25-13-18-19(14-25)20(18)16-9-8-10-17(11-16)23(3,4)5/h8-11,15,18-20H,6-7,12-14H2,1-5H3,(H,24,27)/t15-,18-,19+,20?/m1/s1. The van der Waals surface area contributed by atoms with E-state index in [0.717, 1.165) is 13.1 Å². The van der Waals surface area contributed by atoms with E-state index in [0.29, 0.717) is 37.3 Å². The number of ether oxygens (including phenoxy) is 1. The van der Waals surface area contributed by atoms with Crippen LogP contribution in [0.3, 0.4) is 0 Å². The van der Waals surface area contributed by atoms with Gasteiger partial charge in [0.25, 0.3) is 0 Å². The molecule has 1 aliphatic carbocycles. The lowest BCUT2D eigenvalue weighted by molar-refractivity contribution is -0.135. The minimum Gasteiger partial charge on any atom is -0.450 e. The molecule has 1 N–H and O–H groups in total. The molecule has 4 atom stereocenters. The fourth-order valence-electron chi connectivity index (χ4n) is 4.47. The number of amides is 2. The maximum absolute atomic E-state index is 12.9. The van der Waals surface area contributed by atoms with Crippen molar-refractivity contribution in [3.05, 3.63) is 35.4 Å². The number of rotatable bonds is 6. The van der Waals surface area contributed by atoms with Gasteiger partial charge in [0.15, 0.2) is 0 Å². The summed E-state index contributed by atoms with van der Waals surface area (Å²) < 4.78 is 4.89. The Morgan fingerprint density at radius 3 is 2.46 bits per heavy atom. The van der Waals surface area contributed by atoms with Gasteiger partial charge in [-0.3, -0.25) is 4.79 Å². The molecule has 5 nitrogen and oxygen atoms in total. The number of fused-ring (bicyclic) bond motifs is 1. The summed E-state index contributed by atoms with van der Waals surface area (Å²) in [7, 11) is 0. The molecule has 0 radical (unpaired) electrons. The topological polar surface area (TPSA) is 58.6 Å². The summed E-state index contributed by atoms with van der Waals surface area (Å²) >= 11 is 0. The lowest BCUT2D eigenvalue weighted by Gasteiger charge is -2.25. The van der Waals surface area contributed by atoms with Crippen LogP contribution in [0.5, 0.6) is 0 Å². The van der Waals surface area contributed by atoms with E-state index < -0.39 is 6.09 Å². The Balaban J connectivity index is 1.55. The number of carbonyl (C=O) groups is 2. The van der Waals surface area contributed by atoms with E-state index in [1.807, 2.05) is 11.8 Å². The summed E-state index contributed by atoms with van der Waals surface area (Å²) in [6.45, 7) is 12.9. The molecule has 2 amide bonds.